The quantitative estimate of drug-likeness (QED) is 0.424. The maximum atomic E-state index is 13.4. The van der Waals surface area contributed by atoms with Crippen LogP contribution >= 0.6 is 23.4 Å². The van der Waals surface area contributed by atoms with E-state index in [0.717, 1.165) is 5.56 Å². The molecule has 160 valence electrons. The van der Waals surface area contributed by atoms with Crippen molar-refractivity contribution < 1.29 is 14.0 Å². The molecule has 1 fully saturated rings. The number of carbonyl (C=O) groups is 2. The van der Waals surface area contributed by atoms with Gasteiger partial charge in [0.05, 0.1) is 18.1 Å². The van der Waals surface area contributed by atoms with Gasteiger partial charge in [0.1, 0.15) is 22.4 Å². The van der Waals surface area contributed by atoms with E-state index < -0.39 is 11.2 Å². The molecule has 1 N–H and O–H groups in total. The van der Waals surface area contributed by atoms with Gasteiger partial charge in [-0.05, 0) is 48.4 Å². The van der Waals surface area contributed by atoms with Gasteiger partial charge in [-0.1, -0.05) is 53.7 Å². The fraction of sp³-hybridized carbons (Fsp3) is 0.125. The van der Waals surface area contributed by atoms with Crippen molar-refractivity contribution in [2.24, 2.45) is 0 Å². The van der Waals surface area contributed by atoms with Crippen molar-refractivity contribution in [3.8, 4) is 6.07 Å². The number of rotatable bonds is 6. The van der Waals surface area contributed by atoms with Crippen LogP contribution in [0.25, 0.3) is 0 Å². The van der Waals surface area contributed by atoms with Crippen molar-refractivity contribution in [2.75, 3.05) is 4.90 Å². The summed E-state index contributed by atoms with van der Waals surface area (Å²) in [6.07, 6.45) is 1.95. The number of furan rings is 1. The van der Waals surface area contributed by atoms with Crippen LogP contribution in [0.15, 0.2) is 88.0 Å². The number of nitrogens with one attached hydrogen (secondary N) is 1. The molecule has 1 aromatic heterocycles. The first-order valence-electron chi connectivity index (χ1n) is 9.82. The molecular weight excluding hydrogens is 446 g/mol. The highest BCUT2D eigenvalue weighted by atomic mass is 35.5. The van der Waals surface area contributed by atoms with Crippen molar-refractivity contribution in [1.82, 2.24) is 5.32 Å². The number of benzene rings is 2. The first-order chi connectivity index (χ1) is 15.6. The normalized spacial score (nSPS) is 17.2. The average molecular weight is 464 g/mol. The molecule has 2 heterocycles. The average Bonchev–Trinajstić information content (AvgIpc) is 3.43. The van der Waals surface area contributed by atoms with Crippen molar-refractivity contribution in [3.63, 3.8) is 0 Å². The Kier molecular flexibility index (Phi) is 6.64. The maximum absolute atomic E-state index is 13.4. The van der Waals surface area contributed by atoms with Gasteiger partial charge in [0, 0.05) is 10.7 Å². The molecular formula is C24H18ClN3O3S. The molecule has 1 aliphatic heterocycles. The molecule has 0 saturated carbocycles. The predicted molar refractivity (Wildman–Crippen MR) is 124 cm³/mol. The van der Waals surface area contributed by atoms with Crippen LogP contribution in [0.3, 0.4) is 0 Å². The van der Waals surface area contributed by atoms with E-state index >= 15 is 0 Å². The SMILES string of the molecule is N#C/C(C(=O)NCc1ccco1)=C1/S[C@H](Cc2ccc(Cl)cc2)C(=O)N1c1ccccc1. The van der Waals surface area contributed by atoms with E-state index in [-0.39, 0.29) is 18.0 Å². The Labute approximate surface area is 194 Å². The molecule has 0 spiro atoms. The van der Waals surface area contributed by atoms with Gasteiger partial charge >= 0.3 is 0 Å². The van der Waals surface area contributed by atoms with Crippen molar-refractivity contribution in [1.29, 1.82) is 5.26 Å². The summed E-state index contributed by atoms with van der Waals surface area (Å²) in [5, 5.41) is 13.0. The number of hydrogen-bond donors (Lipinski definition) is 1. The van der Waals surface area contributed by atoms with Gasteiger partial charge in [-0.25, -0.2) is 0 Å². The molecule has 1 aliphatic rings. The second-order valence-corrected chi connectivity index (χ2v) is 8.63. The molecule has 32 heavy (non-hydrogen) atoms. The number of nitriles is 1. The van der Waals surface area contributed by atoms with E-state index in [0.29, 0.717) is 27.9 Å². The van der Waals surface area contributed by atoms with E-state index in [4.69, 9.17) is 16.0 Å². The summed E-state index contributed by atoms with van der Waals surface area (Å²) >= 11 is 7.19. The van der Waals surface area contributed by atoms with Gasteiger partial charge in [0.15, 0.2) is 0 Å². The lowest BCUT2D eigenvalue weighted by Gasteiger charge is -2.18. The smallest absolute Gasteiger partial charge is 0.265 e. The first-order valence-corrected chi connectivity index (χ1v) is 11.1. The van der Waals surface area contributed by atoms with E-state index in [1.807, 2.05) is 24.3 Å². The zero-order valence-corrected chi connectivity index (χ0v) is 18.4. The van der Waals surface area contributed by atoms with Gasteiger partial charge in [-0.3, -0.25) is 14.5 Å². The Hall–Kier alpha value is -3.47. The van der Waals surface area contributed by atoms with Crippen LogP contribution in [0.5, 0.6) is 0 Å². The van der Waals surface area contributed by atoms with E-state index in [9.17, 15) is 14.9 Å². The second kappa shape index (κ2) is 9.77. The van der Waals surface area contributed by atoms with Gasteiger partial charge in [-0.15, -0.1) is 0 Å². The number of para-hydroxylation sites is 1. The molecule has 0 unspecified atom stereocenters. The number of hydrogen-bond acceptors (Lipinski definition) is 5. The Morgan fingerprint density at radius 2 is 1.88 bits per heavy atom. The lowest BCUT2D eigenvalue weighted by Crippen LogP contribution is -2.32. The molecule has 8 heteroatoms. The number of anilines is 1. The van der Waals surface area contributed by atoms with E-state index in [2.05, 4.69) is 5.32 Å². The number of nitrogens with zero attached hydrogens (tertiary/aromatic N) is 2. The van der Waals surface area contributed by atoms with Crippen LogP contribution in [-0.2, 0) is 22.6 Å². The fourth-order valence-corrected chi connectivity index (χ4v) is 4.74. The molecule has 0 radical (unpaired) electrons. The van der Waals surface area contributed by atoms with Crippen molar-refractivity contribution >= 4 is 40.9 Å². The highest BCUT2D eigenvalue weighted by Crippen LogP contribution is 2.41. The lowest BCUT2D eigenvalue weighted by molar-refractivity contribution is -0.117. The first kappa shape index (κ1) is 21.8. The largest absolute Gasteiger partial charge is 0.467 e. The number of carbonyl (C=O) groups excluding carboxylic acids is 2. The Morgan fingerprint density at radius 1 is 1.12 bits per heavy atom. The summed E-state index contributed by atoms with van der Waals surface area (Å²) in [5.74, 6) is -0.179. The Morgan fingerprint density at radius 3 is 2.53 bits per heavy atom. The molecule has 2 amide bonds. The summed E-state index contributed by atoms with van der Waals surface area (Å²) in [5.41, 5.74) is 1.43. The van der Waals surface area contributed by atoms with Crippen LogP contribution in [0, 0.1) is 11.3 Å². The van der Waals surface area contributed by atoms with Gasteiger partial charge < -0.3 is 9.73 Å². The highest BCUT2D eigenvalue weighted by molar-refractivity contribution is 8.05. The summed E-state index contributed by atoms with van der Waals surface area (Å²) < 4.78 is 5.23. The lowest BCUT2D eigenvalue weighted by atomic mass is 10.1. The minimum atomic E-state index is -0.563. The summed E-state index contributed by atoms with van der Waals surface area (Å²) in [7, 11) is 0. The van der Waals surface area contributed by atoms with E-state index in [1.54, 1.807) is 48.5 Å². The third kappa shape index (κ3) is 4.72. The summed E-state index contributed by atoms with van der Waals surface area (Å²) in [4.78, 5) is 27.7. The summed E-state index contributed by atoms with van der Waals surface area (Å²) in [6, 6.07) is 21.7. The van der Waals surface area contributed by atoms with E-state index in [1.165, 1.54) is 22.9 Å². The van der Waals surface area contributed by atoms with Crippen molar-refractivity contribution in [2.45, 2.75) is 18.2 Å². The number of amides is 2. The topological polar surface area (TPSA) is 86.3 Å². The maximum Gasteiger partial charge on any atom is 0.265 e. The molecule has 0 aliphatic carbocycles. The van der Waals surface area contributed by atoms with Gasteiger partial charge in [-0.2, -0.15) is 5.26 Å². The highest BCUT2D eigenvalue weighted by Gasteiger charge is 2.40. The Bertz CT molecular complexity index is 1190. The number of thioether (sulfide) groups is 1. The van der Waals surface area contributed by atoms with Crippen LogP contribution in [0.2, 0.25) is 5.02 Å². The summed E-state index contributed by atoms with van der Waals surface area (Å²) in [6.45, 7) is 0.141. The van der Waals surface area contributed by atoms with Gasteiger partial charge in [0.25, 0.3) is 5.91 Å². The van der Waals surface area contributed by atoms with Crippen LogP contribution in [0.1, 0.15) is 11.3 Å². The van der Waals surface area contributed by atoms with Crippen LogP contribution < -0.4 is 10.2 Å². The van der Waals surface area contributed by atoms with Crippen LogP contribution in [0.4, 0.5) is 5.69 Å². The molecule has 3 aromatic rings. The molecule has 2 aromatic carbocycles. The second-order valence-electron chi connectivity index (χ2n) is 7.00. The zero-order valence-electron chi connectivity index (χ0n) is 16.8. The third-order valence-corrected chi connectivity index (χ3v) is 6.37. The predicted octanol–water partition coefficient (Wildman–Crippen LogP) is 4.68. The number of halogens is 1. The molecule has 6 nitrogen and oxygen atoms in total. The standard InChI is InChI=1S/C24H18ClN3O3S/c25-17-10-8-16(9-11-17)13-21-23(30)28(18-5-2-1-3-6-18)24(32-21)20(14-26)22(29)27-15-19-7-4-12-31-19/h1-12,21H,13,15H2,(H,27,29)/b24-20-/t21-/m1/s1. The molecule has 1 atom stereocenters. The molecule has 4 rings (SSSR count). The molecule has 0 bridgehead atoms. The van der Waals surface area contributed by atoms with Crippen molar-refractivity contribution in [3.05, 3.63) is 99.9 Å². The molecule has 1 saturated heterocycles. The monoisotopic (exact) mass is 463 g/mol. The minimum absolute atomic E-state index is 0.114. The Balaban J connectivity index is 1.66. The third-order valence-electron chi connectivity index (χ3n) is 4.86. The minimum Gasteiger partial charge on any atom is -0.467 e. The van der Waals surface area contributed by atoms with Gasteiger partial charge in [0.2, 0.25) is 5.91 Å². The van der Waals surface area contributed by atoms with Crippen LogP contribution in [-0.4, -0.2) is 17.1 Å². The fourth-order valence-electron chi connectivity index (χ4n) is 3.30. The zero-order chi connectivity index (χ0) is 22.5.